The second kappa shape index (κ2) is 6.97. The first-order valence-corrected chi connectivity index (χ1v) is 5.31. The fraction of sp³-hybridized carbons (Fsp3) is 0.700. The number of carboxylic acids is 1. The maximum Gasteiger partial charge on any atom is 0.323 e. The summed E-state index contributed by atoms with van der Waals surface area (Å²) in [5, 5.41) is 8.61. The molecular weight excluding hydrogens is 226 g/mol. The predicted octanol–water partition coefficient (Wildman–Crippen LogP) is -1.24. The van der Waals surface area contributed by atoms with Crippen LogP contribution in [-0.4, -0.2) is 46.9 Å². The fourth-order valence-corrected chi connectivity index (χ4v) is 1.34. The Morgan fingerprint density at radius 1 is 1.29 bits per heavy atom. The van der Waals surface area contributed by atoms with Gasteiger partial charge in [-0.05, 0) is 12.3 Å². The molecule has 0 aliphatic heterocycles. The summed E-state index contributed by atoms with van der Waals surface area (Å²) in [7, 11) is 0. The number of nitrogens with two attached hydrogens (primary N) is 2. The van der Waals surface area contributed by atoms with Crippen LogP contribution in [0.15, 0.2) is 0 Å². The van der Waals surface area contributed by atoms with Gasteiger partial charge in [-0.15, -0.1) is 0 Å². The molecule has 1 unspecified atom stereocenters. The van der Waals surface area contributed by atoms with Crippen molar-refractivity contribution in [2.24, 2.45) is 17.4 Å². The molecule has 0 saturated carbocycles. The number of hydrogen-bond acceptors (Lipinski definition) is 5. The lowest BCUT2D eigenvalue weighted by atomic mass is 10.0. The van der Waals surface area contributed by atoms with Crippen molar-refractivity contribution in [1.82, 2.24) is 4.90 Å². The van der Waals surface area contributed by atoms with E-state index in [4.69, 9.17) is 16.6 Å². The van der Waals surface area contributed by atoms with Crippen LogP contribution in [0.2, 0.25) is 0 Å². The standard InChI is InChI=1S/C10H19N3O4/c1-6(2)3-7(12)10(17)13(5-9(15)16)8(14)4-11/h6-7H,3-5,11-12H2,1-2H3,(H,15,16). The minimum absolute atomic E-state index is 0.175. The lowest BCUT2D eigenvalue weighted by Gasteiger charge is -2.22. The van der Waals surface area contributed by atoms with E-state index in [1.54, 1.807) is 0 Å². The maximum absolute atomic E-state index is 11.8. The monoisotopic (exact) mass is 245 g/mol. The summed E-state index contributed by atoms with van der Waals surface area (Å²) in [6, 6.07) is -0.884. The van der Waals surface area contributed by atoms with Gasteiger partial charge in [-0.2, -0.15) is 0 Å². The van der Waals surface area contributed by atoms with Gasteiger partial charge in [0, 0.05) is 0 Å². The Hall–Kier alpha value is -1.47. The summed E-state index contributed by atoms with van der Waals surface area (Å²) in [4.78, 5) is 34.3. The number of carboxylic acid groups (broad SMARTS) is 1. The number of imide groups is 1. The van der Waals surface area contributed by atoms with Gasteiger partial charge in [0.2, 0.25) is 11.8 Å². The van der Waals surface area contributed by atoms with E-state index in [9.17, 15) is 14.4 Å². The van der Waals surface area contributed by atoms with E-state index in [1.165, 1.54) is 0 Å². The number of hydrogen-bond donors (Lipinski definition) is 3. The smallest absolute Gasteiger partial charge is 0.323 e. The largest absolute Gasteiger partial charge is 0.480 e. The highest BCUT2D eigenvalue weighted by Gasteiger charge is 2.27. The van der Waals surface area contributed by atoms with Gasteiger partial charge >= 0.3 is 5.97 Å². The van der Waals surface area contributed by atoms with Crippen molar-refractivity contribution in [1.29, 1.82) is 0 Å². The highest BCUT2D eigenvalue weighted by molar-refractivity contribution is 6.00. The Morgan fingerprint density at radius 2 is 1.82 bits per heavy atom. The van der Waals surface area contributed by atoms with E-state index in [-0.39, 0.29) is 5.92 Å². The predicted molar refractivity (Wildman–Crippen MR) is 60.8 cm³/mol. The van der Waals surface area contributed by atoms with Gasteiger partial charge in [0.25, 0.3) is 0 Å². The molecular formula is C10H19N3O4. The zero-order valence-electron chi connectivity index (χ0n) is 10.0. The highest BCUT2D eigenvalue weighted by Crippen LogP contribution is 2.06. The first-order chi connectivity index (χ1) is 7.79. The molecule has 0 radical (unpaired) electrons. The molecule has 0 spiro atoms. The summed E-state index contributed by atoms with van der Waals surface area (Å²) in [6.45, 7) is 2.62. The number of amides is 2. The summed E-state index contributed by atoms with van der Waals surface area (Å²) in [5.74, 6) is -2.54. The van der Waals surface area contributed by atoms with Crippen molar-refractivity contribution < 1.29 is 19.5 Å². The van der Waals surface area contributed by atoms with E-state index >= 15 is 0 Å². The Balaban J connectivity index is 4.73. The molecule has 2 amide bonds. The second-order valence-electron chi connectivity index (χ2n) is 4.15. The van der Waals surface area contributed by atoms with Gasteiger partial charge in [0.15, 0.2) is 0 Å². The van der Waals surface area contributed by atoms with Gasteiger partial charge in [0.05, 0.1) is 12.6 Å². The fourth-order valence-electron chi connectivity index (χ4n) is 1.34. The molecule has 0 rings (SSSR count). The molecule has 0 saturated heterocycles. The maximum atomic E-state index is 11.8. The van der Waals surface area contributed by atoms with Gasteiger partial charge < -0.3 is 16.6 Å². The Morgan fingerprint density at radius 3 is 2.18 bits per heavy atom. The SMILES string of the molecule is CC(C)CC(N)C(=O)N(CC(=O)O)C(=O)CN. The summed E-state index contributed by atoms with van der Waals surface area (Å²) < 4.78 is 0. The molecule has 5 N–H and O–H groups in total. The van der Waals surface area contributed by atoms with Gasteiger partial charge in [-0.3, -0.25) is 19.3 Å². The third kappa shape index (κ3) is 5.41. The quantitative estimate of drug-likeness (QED) is 0.537. The molecule has 0 heterocycles. The number of carbonyl (C=O) groups excluding carboxylic acids is 2. The Labute approximate surface area is 99.7 Å². The zero-order valence-corrected chi connectivity index (χ0v) is 10.0. The molecule has 0 aliphatic carbocycles. The first kappa shape index (κ1) is 15.5. The number of carbonyl (C=O) groups is 3. The molecule has 7 heteroatoms. The minimum Gasteiger partial charge on any atom is -0.480 e. The highest BCUT2D eigenvalue weighted by atomic mass is 16.4. The van der Waals surface area contributed by atoms with Gasteiger partial charge in [-0.1, -0.05) is 13.8 Å². The molecule has 0 aliphatic rings. The van der Waals surface area contributed by atoms with Crippen LogP contribution in [0.1, 0.15) is 20.3 Å². The average Bonchev–Trinajstić information content (AvgIpc) is 2.22. The number of nitrogens with zero attached hydrogens (tertiary/aromatic N) is 1. The summed E-state index contributed by atoms with van der Waals surface area (Å²) in [5.41, 5.74) is 10.7. The van der Waals surface area contributed by atoms with E-state index in [0.717, 1.165) is 0 Å². The van der Waals surface area contributed by atoms with Crippen LogP contribution >= 0.6 is 0 Å². The van der Waals surface area contributed by atoms with Crippen LogP contribution in [0.5, 0.6) is 0 Å². The molecule has 1 atom stereocenters. The molecule has 0 aromatic heterocycles. The Bertz CT molecular complexity index is 304. The molecule has 7 nitrogen and oxygen atoms in total. The van der Waals surface area contributed by atoms with E-state index < -0.39 is 36.9 Å². The van der Waals surface area contributed by atoms with Crippen molar-refractivity contribution in [3.63, 3.8) is 0 Å². The molecule has 0 aromatic carbocycles. The van der Waals surface area contributed by atoms with Gasteiger partial charge in [0.1, 0.15) is 6.54 Å². The third-order valence-corrected chi connectivity index (χ3v) is 2.08. The van der Waals surface area contributed by atoms with E-state index in [2.05, 4.69) is 0 Å². The normalized spacial score (nSPS) is 12.3. The topological polar surface area (TPSA) is 127 Å². The van der Waals surface area contributed by atoms with Crippen LogP contribution in [0.25, 0.3) is 0 Å². The van der Waals surface area contributed by atoms with Crippen LogP contribution in [0.4, 0.5) is 0 Å². The van der Waals surface area contributed by atoms with Crippen molar-refractivity contribution in [2.75, 3.05) is 13.1 Å². The van der Waals surface area contributed by atoms with Crippen LogP contribution in [-0.2, 0) is 14.4 Å². The third-order valence-electron chi connectivity index (χ3n) is 2.08. The molecule has 0 aromatic rings. The van der Waals surface area contributed by atoms with Crippen molar-refractivity contribution in [3.05, 3.63) is 0 Å². The summed E-state index contributed by atoms with van der Waals surface area (Å²) >= 11 is 0. The number of aliphatic carboxylic acids is 1. The van der Waals surface area contributed by atoms with Gasteiger partial charge in [-0.25, -0.2) is 0 Å². The molecule has 98 valence electrons. The minimum atomic E-state index is -1.28. The Kier molecular flexibility index (Phi) is 6.37. The van der Waals surface area contributed by atoms with E-state index in [1.807, 2.05) is 13.8 Å². The van der Waals surface area contributed by atoms with Crippen molar-refractivity contribution >= 4 is 17.8 Å². The van der Waals surface area contributed by atoms with Crippen molar-refractivity contribution in [2.45, 2.75) is 26.3 Å². The number of rotatable bonds is 6. The van der Waals surface area contributed by atoms with Crippen LogP contribution in [0, 0.1) is 5.92 Å². The van der Waals surface area contributed by atoms with E-state index in [0.29, 0.717) is 11.3 Å². The first-order valence-electron chi connectivity index (χ1n) is 5.31. The molecule has 0 fully saturated rings. The molecule has 0 bridgehead atoms. The lowest BCUT2D eigenvalue weighted by molar-refractivity contribution is -0.152. The molecule has 17 heavy (non-hydrogen) atoms. The van der Waals surface area contributed by atoms with Crippen LogP contribution < -0.4 is 11.5 Å². The average molecular weight is 245 g/mol. The zero-order chi connectivity index (χ0) is 13.6. The second-order valence-corrected chi connectivity index (χ2v) is 4.15. The summed E-state index contributed by atoms with van der Waals surface area (Å²) in [6.07, 6.45) is 0.382. The van der Waals surface area contributed by atoms with Crippen molar-refractivity contribution in [3.8, 4) is 0 Å². The van der Waals surface area contributed by atoms with Crippen LogP contribution in [0.3, 0.4) is 0 Å². The lowest BCUT2D eigenvalue weighted by Crippen LogP contribution is -2.51.